The van der Waals surface area contributed by atoms with Crippen molar-refractivity contribution in [1.82, 2.24) is 10.2 Å². The van der Waals surface area contributed by atoms with Crippen molar-refractivity contribution in [2.75, 3.05) is 5.32 Å². The lowest BCUT2D eigenvalue weighted by Gasteiger charge is -2.09. The number of ketones is 1. The fraction of sp³-hybridized carbons (Fsp3) is 0.0870. The summed E-state index contributed by atoms with van der Waals surface area (Å²) < 4.78 is 11.3. The summed E-state index contributed by atoms with van der Waals surface area (Å²) >= 11 is 12.1. The van der Waals surface area contributed by atoms with Crippen LogP contribution in [0.3, 0.4) is 0 Å². The van der Waals surface area contributed by atoms with E-state index in [4.69, 9.17) is 32.4 Å². The van der Waals surface area contributed by atoms with Crippen LogP contribution >= 0.6 is 23.2 Å². The van der Waals surface area contributed by atoms with Crippen LogP contribution in [0.2, 0.25) is 10.0 Å². The minimum absolute atomic E-state index is 0.0830. The maximum Gasteiger partial charge on any atom is 0.320 e. The van der Waals surface area contributed by atoms with Crippen molar-refractivity contribution in [2.45, 2.75) is 13.5 Å². The molecular formula is C23H17Cl2N3O3. The number of nitrogens with zero attached hydrogens (tertiary/aromatic N) is 2. The third-order valence-corrected chi connectivity index (χ3v) is 5.02. The highest BCUT2D eigenvalue weighted by Crippen LogP contribution is 2.25. The molecule has 6 nitrogen and oxygen atoms in total. The summed E-state index contributed by atoms with van der Waals surface area (Å²) in [5.74, 6) is 0.804. The molecule has 0 unspecified atom stereocenters. The van der Waals surface area contributed by atoms with E-state index in [1.807, 2.05) is 19.1 Å². The summed E-state index contributed by atoms with van der Waals surface area (Å²) in [6, 6.07) is 19.5. The molecule has 31 heavy (non-hydrogen) atoms. The molecule has 0 fully saturated rings. The van der Waals surface area contributed by atoms with Gasteiger partial charge in [0.15, 0.2) is 12.4 Å². The van der Waals surface area contributed by atoms with E-state index >= 15 is 0 Å². The molecule has 0 aliphatic rings. The number of benzene rings is 3. The Hall–Kier alpha value is -3.35. The van der Waals surface area contributed by atoms with Gasteiger partial charge in [-0.05, 0) is 55.0 Å². The van der Waals surface area contributed by atoms with Crippen LogP contribution in [0.15, 0.2) is 71.1 Å². The van der Waals surface area contributed by atoms with Crippen LogP contribution in [0.25, 0.3) is 0 Å². The fourth-order valence-electron chi connectivity index (χ4n) is 2.93. The van der Waals surface area contributed by atoms with Gasteiger partial charge in [-0.1, -0.05) is 52.6 Å². The zero-order valence-electron chi connectivity index (χ0n) is 16.4. The first-order valence-electron chi connectivity index (χ1n) is 9.37. The third-order valence-electron chi connectivity index (χ3n) is 4.46. The maximum atomic E-state index is 12.7. The van der Waals surface area contributed by atoms with Crippen LogP contribution in [0.1, 0.15) is 27.4 Å². The van der Waals surface area contributed by atoms with Gasteiger partial charge in [0.25, 0.3) is 5.89 Å². The van der Waals surface area contributed by atoms with Gasteiger partial charge in [-0.3, -0.25) is 4.79 Å². The normalized spacial score (nSPS) is 10.7. The van der Waals surface area contributed by atoms with Crippen molar-refractivity contribution in [2.24, 2.45) is 0 Å². The Morgan fingerprint density at radius 2 is 1.81 bits per heavy atom. The highest BCUT2D eigenvalue weighted by atomic mass is 35.5. The molecule has 4 rings (SSSR count). The van der Waals surface area contributed by atoms with E-state index in [-0.39, 0.29) is 18.4 Å². The zero-order valence-corrected chi connectivity index (χ0v) is 17.9. The lowest BCUT2D eigenvalue weighted by Crippen LogP contribution is -2.03. The lowest BCUT2D eigenvalue weighted by atomic mass is 10.0. The van der Waals surface area contributed by atoms with Crippen molar-refractivity contribution >= 4 is 40.7 Å². The summed E-state index contributed by atoms with van der Waals surface area (Å²) in [4.78, 5) is 12.7. The second-order valence-electron chi connectivity index (χ2n) is 6.71. The van der Waals surface area contributed by atoms with Gasteiger partial charge in [0.1, 0.15) is 5.75 Å². The van der Waals surface area contributed by atoms with Gasteiger partial charge < -0.3 is 14.5 Å². The number of para-hydroxylation sites is 1. The van der Waals surface area contributed by atoms with Gasteiger partial charge in [-0.15, -0.1) is 5.10 Å². The molecule has 156 valence electrons. The van der Waals surface area contributed by atoms with Gasteiger partial charge >= 0.3 is 6.01 Å². The Morgan fingerprint density at radius 1 is 1.00 bits per heavy atom. The smallest absolute Gasteiger partial charge is 0.320 e. The first-order chi connectivity index (χ1) is 15.0. The van der Waals surface area contributed by atoms with E-state index in [0.29, 0.717) is 38.5 Å². The minimum atomic E-state index is -0.107. The zero-order chi connectivity index (χ0) is 21.8. The molecule has 0 bridgehead atoms. The van der Waals surface area contributed by atoms with Crippen molar-refractivity contribution in [3.05, 3.63) is 99.4 Å². The second kappa shape index (κ2) is 9.20. The number of anilines is 2. The number of aryl methyl sites for hydroxylation is 1. The molecule has 1 heterocycles. The first-order valence-corrected chi connectivity index (χ1v) is 10.1. The Balaban J connectivity index is 1.41. The van der Waals surface area contributed by atoms with Gasteiger partial charge in [0.05, 0.1) is 10.7 Å². The maximum absolute atomic E-state index is 12.7. The third kappa shape index (κ3) is 5.05. The number of halogens is 2. The quantitative estimate of drug-likeness (QED) is 0.333. The summed E-state index contributed by atoms with van der Waals surface area (Å²) in [6.45, 7) is 1.95. The van der Waals surface area contributed by atoms with Crippen molar-refractivity contribution in [3.8, 4) is 5.75 Å². The predicted octanol–water partition coefficient (Wildman–Crippen LogP) is 6.24. The van der Waals surface area contributed by atoms with Gasteiger partial charge in [0, 0.05) is 16.1 Å². The first kappa shape index (κ1) is 20.9. The van der Waals surface area contributed by atoms with Crippen LogP contribution in [0.5, 0.6) is 5.75 Å². The molecular weight excluding hydrogens is 437 g/mol. The number of rotatable bonds is 7. The van der Waals surface area contributed by atoms with Crippen molar-refractivity contribution in [3.63, 3.8) is 0 Å². The number of ether oxygens (including phenoxy) is 1. The second-order valence-corrected chi connectivity index (χ2v) is 7.56. The molecule has 0 amide bonds. The molecule has 8 heteroatoms. The average molecular weight is 454 g/mol. The number of nitrogens with one attached hydrogen (secondary N) is 1. The Morgan fingerprint density at radius 3 is 2.58 bits per heavy atom. The topological polar surface area (TPSA) is 77.2 Å². The molecule has 3 aromatic carbocycles. The molecule has 0 saturated carbocycles. The van der Waals surface area contributed by atoms with Crippen molar-refractivity contribution < 1.29 is 13.9 Å². The van der Waals surface area contributed by atoms with E-state index in [1.54, 1.807) is 54.6 Å². The monoisotopic (exact) mass is 453 g/mol. The number of hydrogen-bond acceptors (Lipinski definition) is 6. The number of aromatic nitrogens is 2. The van der Waals surface area contributed by atoms with Crippen LogP contribution in [-0.4, -0.2) is 16.0 Å². The Bertz CT molecular complexity index is 1240. The minimum Gasteiger partial charge on any atom is -0.484 e. The summed E-state index contributed by atoms with van der Waals surface area (Å²) in [5, 5.41) is 11.9. The standard InChI is InChI=1S/C23H17Cl2N3O3/c1-14-11-16(22(29)15-5-4-6-17(24)12-15)9-10-20(14)30-13-21-27-28-23(31-21)26-19-8-3-2-7-18(19)25/h2-12H,13H2,1H3,(H,26,28). The fourth-order valence-corrected chi connectivity index (χ4v) is 3.30. The van der Waals surface area contributed by atoms with Crippen LogP contribution < -0.4 is 10.1 Å². The van der Waals surface area contributed by atoms with E-state index in [0.717, 1.165) is 5.56 Å². The summed E-state index contributed by atoms with van der Waals surface area (Å²) in [7, 11) is 0. The van der Waals surface area contributed by atoms with Crippen LogP contribution in [0, 0.1) is 6.92 Å². The molecule has 0 aliphatic heterocycles. The van der Waals surface area contributed by atoms with Crippen molar-refractivity contribution in [1.29, 1.82) is 0 Å². The Labute approximate surface area is 188 Å². The van der Waals surface area contributed by atoms with E-state index in [1.165, 1.54) is 0 Å². The summed E-state index contributed by atoms with van der Waals surface area (Å²) in [6.07, 6.45) is 0. The largest absolute Gasteiger partial charge is 0.484 e. The highest BCUT2D eigenvalue weighted by Gasteiger charge is 2.13. The molecule has 0 atom stereocenters. The van der Waals surface area contributed by atoms with Crippen LogP contribution in [0.4, 0.5) is 11.7 Å². The average Bonchev–Trinajstić information content (AvgIpc) is 3.21. The molecule has 0 spiro atoms. The molecule has 4 aromatic rings. The predicted molar refractivity (Wildman–Crippen MR) is 119 cm³/mol. The van der Waals surface area contributed by atoms with Gasteiger partial charge in [0.2, 0.25) is 0 Å². The van der Waals surface area contributed by atoms with Gasteiger partial charge in [-0.25, -0.2) is 0 Å². The number of carbonyl (C=O) groups excluding carboxylic acids is 1. The van der Waals surface area contributed by atoms with E-state index in [9.17, 15) is 4.79 Å². The molecule has 0 aliphatic carbocycles. The highest BCUT2D eigenvalue weighted by molar-refractivity contribution is 6.33. The van der Waals surface area contributed by atoms with Gasteiger partial charge in [-0.2, -0.15) is 0 Å². The number of carbonyl (C=O) groups is 1. The Kier molecular flexibility index (Phi) is 6.21. The molecule has 1 N–H and O–H groups in total. The SMILES string of the molecule is Cc1cc(C(=O)c2cccc(Cl)c2)ccc1OCc1nnc(Nc2ccccc2Cl)o1. The molecule has 1 aromatic heterocycles. The van der Waals surface area contributed by atoms with E-state index < -0.39 is 0 Å². The molecule has 0 saturated heterocycles. The lowest BCUT2D eigenvalue weighted by molar-refractivity contribution is 0.103. The van der Waals surface area contributed by atoms with Crippen LogP contribution in [-0.2, 0) is 6.61 Å². The molecule has 0 radical (unpaired) electrons. The summed E-state index contributed by atoms with van der Waals surface area (Å²) in [5.41, 5.74) is 2.55. The van der Waals surface area contributed by atoms with E-state index in [2.05, 4.69) is 15.5 Å². The number of hydrogen-bond donors (Lipinski definition) is 1.